The molecule has 0 radical (unpaired) electrons. The van der Waals surface area contributed by atoms with E-state index < -0.39 is 57.7 Å². The van der Waals surface area contributed by atoms with Gasteiger partial charge in [-0.15, -0.1) is 0 Å². The predicted octanol–water partition coefficient (Wildman–Crippen LogP) is 0.247. The molecule has 4 rings (SSSR count). The molecule has 3 aliphatic rings. The van der Waals surface area contributed by atoms with Gasteiger partial charge >= 0.3 is 0 Å². The quantitative estimate of drug-likeness (QED) is 0.231. The number of likely N-dealkylation sites (N-methyl/N-ethyl adjacent to an activating group) is 1. The van der Waals surface area contributed by atoms with Gasteiger partial charge in [-0.25, -0.2) is 0 Å². The molecule has 0 spiro atoms. The number of Topliss-reactive ketones (excluding diaryl/α,β-unsaturated/α-hetero) is 2. The minimum Gasteiger partial charge on any atom is -0.508 e. The Morgan fingerprint density at radius 3 is 2.27 bits per heavy atom. The van der Waals surface area contributed by atoms with E-state index in [0.29, 0.717) is 23.4 Å². The Kier molecular flexibility index (Phi) is 7.31. The van der Waals surface area contributed by atoms with Crippen molar-refractivity contribution in [3.05, 3.63) is 39.7 Å². The first-order valence-corrected chi connectivity index (χ1v) is 13.5. The van der Waals surface area contributed by atoms with Crippen molar-refractivity contribution in [2.75, 3.05) is 39.6 Å². The molecule has 0 saturated heterocycles. The largest absolute Gasteiger partial charge is 0.508 e. The lowest BCUT2D eigenvalue weighted by Crippen LogP contribution is -2.80. The van der Waals surface area contributed by atoms with E-state index in [1.807, 2.05) is 25.1 Å². The van der Waals surface area contributed by atoms with Crippen molar-refractivity contribution in [2.24, 2.45) is 22.8 Å². The van der Waals surface area contributed by atoms with Gasteiger partial charge in [0.25, 0.3) is 5.91 Å². The van der Waals surface area contributed by atoms with Crippen LogP contribution in [0, 0.1) is 11.3 Å². The molecule has 1 amide bonds. The SMILES string of the molecule is CN(C)c1cc(CNCC(C)(C)C)c(O)c2c1C[C@H]1C[C@@]3(N)[C@H](N(C)C)C(=O)C(C(N)=O)=C(O)[C@@]3(O)C(=O)C1=C2O. The smallest absolute Gasteiger partial charge is 0.255 e. The van der Waals surface area contributed by atoms with Crippen LogP contribution in [-0.4, -0.2) is 94.7 Å². The van der Waals surface area contributed by atoms with Crippen LogP contribution >= 0.6 is 0 Å². The predicted molar refractivity (Wildman–Crippen MR) is 153 cm³/mol. The number of phenolic OH excluding ortho intramolecular Hbond substituents is 1. The standard InChI is InChI=1S/C29H41N5O7/c1-27(2,3)12-32-11-14-9-16(33(4)5)15-8-13-10-28(31)23(34(6)7)22(37)19(26(30)40)25(39)29(28,41)24(38)17(13)21(36)18(15)20(14)35/h9,13,23,32,35-36,39,41H,8,10-12,31H2,1-7H3,(H2,30,40)/t13-,23+,28+,29-/m0/s1. The second-order valence-corrected chi connectivity index (χ2v) is 13.1. The molecular formula is C29H41N5O7. The number of rotatable bonds is 6. The molecule has 0 aromatic heterocycles. The number of benzene rings is 1. The second-order valence-electron chi connectivity index (χ2n) is 13.1. The second kappa shape index (κ2) is 9.83. The zero-order valence-corrected chi connectivity index (χ0v) is 24.6. The lowest BCUT2D eigenvalue weighted by Gasteiger charge is -2.56. The molecule has 4 atom stereocenters. The average molecular weight is 572 g/mol. The summed E-state index contributed by atoms with van der Waals surface area (Å²) in [5, 5.41) is 49.3. The van der Waals surface area contributed by atoms with Gasteiger partial charge < -0.3 is 42.1 Å². The van der Waals surface area contributed by atoms with E-state index in [-0.39, 0.29) is 41.7 Å². The minimum atomic E-state index is -2.94. The van der Waals surface area contributed by atoms with Crippen LogP contribution in [0.1, 0.15) is 43.9 Å². The van der Waals surface area contributed by atoms with Crippen molar-refractivity contribution >= 4 is 28.9 Å². The monoisotopic (exact) mass is 571 g/mol. The number of phenols is 1. The van der Waals surface area contributed by atoms with Gasteiger partial charge in [-0.3, -0.25) is 19.3 Å². The lowest BCUT2D eigenvalue weighted by molar-refractivity contribution is -0.157. The third-order valence-electron chi connectivity index (χ3n) is 8.42. The fourth-order valence-corrected chi connectivity index (χ4v) is 6.66. The molecule has 224 valence electrons. The Balaban J connectivity index is 1.96. The fraction of sp³-hybridized carbons (Fsp3) is 0.552. The molecule has 1 fully saturated rings. The Morgan fingerprint density at radius 2 is 1.76 bits per heavy atom. The number of anilines is 1. The molecule has 12 heteroatoms. The molecular weight excluding hydrogens is 530 g/mol. The number of carbonyl (C=O) groups is 3. The van der Waals surface area contributed by atoms with Crippen molar-refractivity contribution in [3.8, 4) is 5.75 Å². The Hall–Kier alpha value is -3.45. The summed E-state index contributed by atoms with van der Waals surface area (Å²) < 4.78 is 0. The van der Waals surface area contributed by atoms with Gasteiger partial charge in [0, 0.05) is 44.0 Å². The van der Waals surface area contributed by atoms with Crippen LogP contribution in [0.2, 0.25) is 0 Å². The van der Waals surface area contributed by atoms with Crippen molar-refractivity contribution in [2.45, 2.75) is 57.3 Å². The Labute approximate surface area is 239 Å². The number of nitrogens with zero attached hydrogens (tertiary/aromatic N) is 2. The fourth-order valence-electron chi connectivity index (χ4n) is 6.66. The molecule has 0 aliphatic heterocycles. The number of amides is 1. The van der Waals surface area contributed by atoms with Crippen LogP contribution in [0.3, 0.4) is 0 Å². The molecule has 1 aromatic rings. The molecule has 3 aliphatic carbocycles. The number of aliphatic hydroxyl groups is 3. The molecule has 9 N–H and O–H groups in total. The summed E-state index contributed by atoms with van der Waals surface area (Å²) in [4.78, 5) is 42.9. The van der Waals surface area contributed by atoms with Crippen LogP contribution in [0.15, 0.2) is 23.0 Å². The van der Waals surface area contributed by atoms with E-state index in [0.717, 1.165) is 0 Å². The molecule has 0 heterocycles. The van der Waals surface area contributed by atoms with E-state index in [1.54, 1.807) is 0 Å². The summed E-state index contributed by atoms with van der Waals surface area (Å²) in [6, 6.07) is 0.430. The highest BCUT2D eigenvalue weighted by atomic mass is 16.4. The average Bonchev–Trinajstić information content (AvgIpc) is 2.81. The van der Waals surface area contributed by atoms with Crippen molar-refractivity contribution in [3.63, 3.8) is 0 Å². The molecule has 12 nitrogen and oxygen atoms in total. The maximum absolute atomic E-state index is 14.2. The molecule has 41 heavy (non-hydrogen) atoms. The molecule has 0 unspecified atom stereocenters. The lowest BCUT2D eigenvalue weighted by atomic mass is 9.53. The van der Waals surface area contributed by atoms with Gasteiger partial charge in [-0.2, -0.15) is 0 Å². The van der Waals surface area contributed by atoms with Crippen molar-refractivity contribution in [1.82, 2.24) is 10.2 Å². The summed E-state index contributed by atoms with van der Waals surface area (Å²) in [5.74, 6) is -6.17. The normalized spacial score (nSPS) is 28.0. The van der Waals surface area contributed by atoms with Gasteiger partial charge in [0.2, 0.25) is 11.4 Å². The first-order valence-electron chi connectivity index (χ1n) is 13.5. The summed E-state index contributed by atoms with van der Waals surface area (Å²) in [6.45, 7) is 7.14. The van der Waals surface area contributed by atoms with Crippen LogP contribution in [-0.2, 0) is 27.3 Å². The zero-order chi connectivity index (χ0) is 31.0. The van der Waals surface area contributed by atoms with Crippen molar-refractivity contribution < 1.29 is 34.8 Å². The van der Waals surface area contributed by atoms with Crippen molar-refractivity contribution in [1.29, 1.82) is 0 Å². The first kappa shape index (κ1) is 30.5. The Bertz CT molecular complexity index is 1410. The number of hydrogen-bond donors (Lipinski definition) is 7. The maximum Gasteiger partial charge on any atom is 0.255 e. The van der Waals surface area contributed by atoms with Crippen LogP contribution in [0.4, 0.5) is 5.69 Å². The minimum absolute atomic E-state index is 0.0185. The maximum atomic E-state index is 14.2. The molecule has 1 aromatic carbocycles. The number of ketones is 2. The van der Waals surface area contributed by atoms with Gasteiger partial charge in [0.1, 0.15) is 17.1 Å². The van der Waals surface area contributed by atoms with Crippen LogP contribution in [0.5, 0.6) is 5.75 Å². The Morgan fingerprint density at radius 1 is 1.15 bits per heavy atom. The van der Waals surface area contributed by atoms with Gasteiger partial charge in [0.05, 0.1) is 17.1 Å². The van der Waals surface area contributed by atoms with E-state index in [2.05, 4.69) is 26.1 Å². The van der Waals surface area contributed by atoms with Gasteiger partial charge in [0.15, 0.2) is 11.5 Å². The number of aromatic hydroxyl groups is 1. The van der Waals surface area contributed by atoms with E-state index in [4.69, 9.17) is 11.5 Å². The molecule has 0 bridgehead atoms. The third kappa shape index (κ3) is 4.40. The van der Waals surface area contributed by atoms with Crippen LogP contribution in [0.25, 0.3) is 5.76 Å². The zero-order valence-electron chi connectivity index (χ0n) is 24.6. The summed E-state index contributed by atoms with van der Waals surface area (Å²) >= 11 is 0. The number of nitrogens with one attached hydrogen (secondary N) is 1. The van der Waals surface area contributed by atoms with Gasteiger partial charge in [-0.05, 0) is 49.9 Å². The number of aliphatic hydroxyl groups excluding tert-OH is 2. The number of hydrogen-bond acceptors (Lipinski definition) is 11. The topological polar surface area (TPSA) is 203 Å². The number of primary amides is 1. The number of nitrogens with two attached hydrogens (primary N) is 2. The highest BCUT2D eigenvalue weighted by Gasteiger charge is 2.71. The summed E-state index contributed by atoms with van der Waals surface area (Å²) in [6.07, 6.45) is -0.0605. The van der Waals surface area contributed by atoms with E-state index in [9.17, 15) is 34.8 Å². The highest BCUT2D eigenvalue weighted by Crippen LogP contribution is 2.54. The summed E-state index contributed by atoms with van der Waals surface area (Å²) in [7, 11) is 6.64. The van der Waals surface area contributed by atoms with Gasteiger partial charge in [-0.1, -0.05) is 20.8 Å². The third-order valence-corrected chi connectivity index (χ3v) is 8.42. The number of fused-ring (bicyclic) bond motifs is 3. The van der Waals surface area contributed by atoms with Crippen LogP contribution < -0.4 is 21.7 Å². The number of carbonyl (C=O) groups excluding carboxylic acids is 3. The molecule has 1 saturated carbocycles. The van der Waals surface area contributed by atoms with E-state index >= 15 is 0 Å². The van der Waals surface area contributed by atoms with E-state index in [1.165, 1.54) is 19.0 Å². The summed E-state index contributed by atoms with van der Waals surface area (Å²) in [5.41, 5.74) is 7.75. The first-order chi connectivity index (χ1) is 18.8. The highest BCUT2D eigenvalue weighted by molar-refractivity contribution is 6.25.